The standard InChI is InChI=1S/C16H13F2N3O2/c17-11-1-4-14(13(18)6-11)21-16(23)10-5-9(7-19-8-10)15(22)20-12-2-3-12/h1,4-8,12H,2-3H2,(H,20,22)(H,21,23). The second kappa shape index (κ2) is 6.12. The molecule has 1 saturated carbocycles. The molecule has 118 valence electrons. The number of halogens is 2. The van der Waals surface area contributed by atoms with Gasteiger partial charge in [-0.1, -0.05) is 0 Å². The number of nitrogens with zero attached hydrogens (tertiary/aromatic N) is 1. The van der Waals surface area contributed by atoms with Crippen LogP contribution in [0.2, 0.25) is 0 Å². The van der Waals surface area contributed by atoms with Gasteiger partial charge in [-0.3, -0.25) is 14.6 Å². The highest BCUT2D eigenvalue weighted by atomic mass is 19.1. The molecule has 0 aliphatic heterocycles. The molecule has 1 aromatic heterocycles. The molecule has 0 saturated heterocycles. The van der Waals surface area contributed by atoms with E-state index in [0.717, 1.165) is 25.0 Å². The van der Waals surface area contributed by atoms with E-state index in [1.807, 2.05) is 0 Å². The van der Waals surface area contributed by atoms with Crippen LogP contribution in [0.4, 0.5) is 14.5 Å². The molecule has 2 aromatic rings. The molecule has 1 aliphatic rings. The van der Waals surface area contributed by atoms with Crippen LogP contribution in [-0.4, -0.2) is 22.8 Å². The molecule has 1 aromatic carbocycles. The van der Waals surface area contributed by atoms with Crippen LogP contribution in [0.1, 0.15) is 33.6 Å². The Kier molecular flexibility index (Phi) is 4.01. The third-order valence-electron chi connectivity index (χ3n) is 3.35. The molecule has 0 atom stereocenters. The van der Waals surface area contributed by atoms with E-state index in [2.05, 4.69) is 15.6 Å². The zero-order valence-electron chi connectivity index (χ0n) is 12.0. The molecule has 2 amide bonds. The largest absolute Gasteiger partial charge is 0.349 e. The lowest BCUT2D eigenvalue weighted by molar-refractivity contribution is 0.0950. The minimum absolute atomic E-state index is 0.108. The average molecular weight is 317 g/mol. The molecule has 0 radical (unpaired) electrons. The van der Waals surface area contributed by atoms with E-state index in [4.69, 9.17) is 0 Å². The van der Waals surface area contributed by atoms with Crippen molar-refractivity contribution >= 4 is 17.5 Å². The van der Waals surface area contributed by atoms with Gasteiger partial charge in [-0.15, -0.1) is 0 Å². The maximum absolute atomic E-state index is 13.5. The Hall–Kier alpha value is -2.83. The summed E-state index contributed by atoms with van der Waals surface area (Å²) in [5.74, 6) is -2.55. The topological polar surface area (TPSA) is 71.1 Å². The Morgan fingerprint density at radius 3 is 2.39 bits per heavy atom. The molecule has 2 N–H and O–H groups in total. The highest BCUT2D eigenvalue weighted by Gasteiger charge is 2.24. The van der Waals surface area contributed by atoms with Crippen LogP contribution in [0.15, 0.2) is 36.7 Å². The second-order valence-corrected chi connectivity index (χ2v) is 5.29. The number of hydrogen-bond acceptors (Lipinski definition) is 3. The third-order valence-corrected chi connectivity index (χ3v) is 3.35. The molecular formula is C16H13F2N3O2. The molecule has 3 rings (SSSR count). The summed E-state index contributed by atoms with van der Waals surface area (Å²) in [6.07, 6.45) is 4.52. The summed E-state index contributed by atoms with van der Waals surface area (Å²) < 4.78 is 26.4. The normalized spacial score (nSPS) is 13.5. The molecule has 0 unspecified atom stereocenters. The SMILES string of the molecule is O=C(Nc1ccc(F)cc1F)c1cncc(C(=O)NC2CC2)c1. The van der Waals surface area contributed by atoms with Crippen LogP contribution in [0.5, 0.6) is 0 Å². The van der Waals surface area contributed by atoms with Crippen LogP contribution < -0.4 is 10.6 Å². The quantitative estimate of drug-likeness (QED) is 0.910. The molecule has 7 heteroatoms. The molecule has 1 fully saturated rings. The summed E-state index contributed by atoms with van der Waals surface area (Å²) in [5.41, 5.74) is 0.213. The van der Waals surface area contributed by atoms with Crippen LogP contribution in [-0.2, 0) is 0 Å². The van der Waals surface area contributed by atoms with Crippen molar-refractivity contribution in [3.63, 3.8) is 0 Å². The number of anilines is 1. The first-order chi connectivity index (χ1) is 11.0. The lowest BCUT2D eigenvalue weighted by Crippen LogP contribution is -2.26. The summed E-state index contributed by atoms with van der Waals surface area (Å²) in [6.45, 7) is 0. The predicted molar refractivity (Wildman–Crippen MR) is 79.0 cm³/mol. The van der Waals surface area contributed by atoms with Gasteiger partial charge in [-0.05, 0) is 31.0 Å². The smallest absolute Gasteiger partial charge is 0.257 e. The number of rotatable bonds is 4. The molecule has 0 spiro atoms. The van der Waals surface area contributed by atoms with Crippen LogP contribution in [0, 0.1) is 11.6 Å². The molecule has 1 heterocycles. The second-order valence-electron chi connectivity index (χ2n) is 5.29. The third kappa shape index (κ3) is 3.68. The van der Waals surface area contributed by atoms with E-state index in [1.165, 1.54) is 18.5 Å². The number of amides is 2. The van der Waals surface area contributed by atoms with Crippen molar-refractivity contribution in [2.75, 3.05) is 5.32 Å². The Bertz CT molecular complexity index is 776. The van der Waals surface area contributed by atoms with Crippen molar-refractivity contribution in [3.05, 3.63) is 59.4 Å². The molecule has 0 bridgehead atoms. The van der Waals surface area contributed by atoms with Gasteiger partial charge in [0.05, 0.1) is 16.8 Å². The fourth-order valence-electron chi connectivity index (χ4n) is 1.97. The maximum Gasteiger partial charge on any atom is 0.257 e. The first-order valence-electron chi connectivity index (χ1n) is 7.05. The lowest BCUT2D eigenvalue weighted by atomic mass is 10.1. The average Bonchev–Trinajstić information content (AvgIpc) is 3.34. The first kappa shape index (κ1) is 15.1. The highest BCUT2D eigenvalue weighted by Crippen LogP contribution is 2.20. The van der Waals surface area contributed by atoms with Crippen LogP contribution >= 0.6 is 0 Å². The van der Waals surface area contributed by atoms with Gasteiger partial charge in [0.1, 0.15) is 11.6 Å². The predicted octanol–water partition coefficient (Wildman–Crippen LogP) is 2.50. The van der Waals surface area contributed by atoms with E-state index in [-0.39, 0.29) is 28.8 Å². The zero-order chi connectivity index (χ0) is 16.4. The van der Waals surface area contributed by atoms with E-state index in [0.29, 0.717) is 6.07 Å². The zero-order valence-corrected chi connectivity index (χ0v) is 12.0. The number of pyridine rings is 1. The van der Waals surface area contributed by atoms with Gasteiger partial charge < -0.3 is 10.6 Å². The van der Waals surface area contributed by atoms with Crippen LogP contribution in [0.25, 0.3) is 0 Å². The Balaban J connectivity index is 1.75. The number of hydrogen-bond donors (Lipinski definition) is 2. The van der Waals surface area contributed by atoms with E-state index in [9.17, 15) is 18.4 Å². The molecule has 23 heavy (non-hydrogen) atoms. The Morgan fingerprint density at radius 2 is 1.74 bits per heavy atom. The van der Waals surface area contributed by atoms with E-state index in [1.54, 1.807) is 0 Å². The number of benzene rings is 1. The molecule has 5 nitrogen and oxygen atoms in total. The minimum Gasteiger partial charge on any atom is -0.349 e. The van der Waals surface area contributed by atoms with Gasteiger partial charge in [-0.25, -0.2) is 8.78 Å². The van der Waals surface area contributed by atoms with Crippen molar-refractivity contribution in [2.45, 2.75) is 18.9 Å². The Morgan fingerprint density at radius 1 is 1.04 bits per heavy atom. The van der Waals surface area contributed by atoms with E-state index < -0.39 is 17.5 Å². The maximum atomic E-state index is 13.5. The van der Waals surface area contributed by atoms with Gasteiger partial charge in [-0.2, -0.15) is 0 Å². The van der Waals surface area contributed by atoms with Gasteiger partial charge >= 0.3 is 0 Å². The van der Waals surface area contributed by atoms with Gasteiger partial charge in [0.2, 0.25) is 0 Å². The van der Waals surface area contributed by atoms with Gasteiger partial charge in [0.15, 0.2) is 0 Å². The van der Waals surface area contributed by atoms with Crippen molar-refractivity contribution in [1.82, 2.24) is 10.3 Å². The van der Waals surface area contributed by atoms with Crippen molar-refractivity contribution in [2.24, 2.45) is 0 Å². The number of aromatic nitrogens is 1. The fourth-order valence-corrected chi connectivity index (χ4v) is 1.97. The first-order valence-corrected chi connectivity index (χ1v) is 7.05. The molecular weight excluding hydrogens is 304 g/mol. The number of carbonyl (C=O) groups excluding carboxylic acids is 2. The lowest BCUT2D eigenvalue weighted by Gasteiger charge is -2.08. The highest BCUT2D eigenvalue weighted by molar-refractivity contribution is 6.05. The molecule has 1 aliphatic carbocycles. The summed E-state index contributed by atoms with van der Waals surface area (Å²) in [6, 6.07) is 4.40. The minimum atomic E-state index is -0.881. The Labute approximate surface area is 130 Å². The van der Waals surface area contributed by atoms with Crippen LogP contribution in [0.3, 0.4) is 0 Å². The fraction of sp³-hybridized carbons (Fsp3) is 0.188. The summed E-state index contributed by atoms with van der Waals surface area (Å²) in [5, 5.41) is 5.11. The van der Waals surface area contributed by atoms with Gasteiger partial charge in [0.25, 0.3) is 11.8 Å². The van der Waals surface area contributed by atoms with E-state index >= 15 is 0 Å². The van der Waals surface area contributed by atoms with Crippen molar-refractivity contribution in [3.8, 4) is 0 Å². The number of carbonyl (C=O) groups is 2. The monoisotopic (exact) mass is 317 g/mol. The van der Waals surface area contributed by atoms with Crippen molar-refractivity contribution in [1.29, 1.82) is 0 Å². The van der Waals surface area contributed by atoms with Gasteiger partial charge in [0, 0.05) is 24.5 Å². The van der Waals surface area contributed by atoms with Crippen molar-refractivity contribution < 1.29 is 18.4 Å². The summed E-state index contributed by atoms with van der Waals surface area (Å²) >= 11 is 0. The summed E-state index contributed by atoms with van der Waals surface area (Å²) in [4.78, 5) is 27.9. The number of nitrogens with one attached hydrogen (secondary N) is 2. The summed E-state index contributed by atoms with van der Waals surface area (Å²) in [7, 11) is 0.